The van der Waals surface area contributed by atoms with Crippen LogP contribution in [0.15, 0.2) is 0 Å². The fraction of sp³-hybridized carbons (Fsp3) is 0.750. The van der Waals surface area contributed by atoms with Crippen molar-refractivity contribution in [2.75, 3.05) is 46.3 Å². The molecular formula is C12H23N3O2S. The summed E-state index contributed by atoms with van der Waals surface area (Å²) in [6.07, 6.45) is -0.443. The SMILES string of the molecule is COCC(O)CN(C)Cc1sc(N(C)C)nc1C. The molecule has 0 bridgehead atoms. The highest BCUT2D eigenvalue weighted by molar-refractivity contribution is 7.15. The van der Waals surface area contributed by atoms with Crippen molar-refractivity contribution >= 4 is 16.5 Å². The molecule has 1 aromatic heterocycles. The maximum atomic E-state index is 9.67. The van der Waals surface area contributed by atoms with Crippen LogP contribution in [0.2, 0.25) is 0 Å². The van der Waals surface area contributed by atoms with Crippen molar-refractivity contribution < 1.29 is 9.84 Å². The second-order valence-corrected chi connectivity index (χ2v) is 5.77. The lowest BCUT2D eigenvalue weighted by Crippen LogP contribution is -2.31. The number of aryl methyl sites for hydroxylation is 1. The van der Waals surface area contributed by atoms with E-state index >= 15 is 0 Å². The predicted molar refractivity (Wildman–Crippen MR) is 75.4 cm³/mol. The van der Waals surface area contributed by atoms with E-state index < -0.39 is 6.10 Å². The number of anilines is 1. The minimum absolute atomic E-state index is 0.370. The standard InChI is InChI=1S/C12H23N3O2S/c1-9-11(18-12(13-9)14(2)3)7-15(4)6-10(16)8-17-5/h10,16H,6-8H2,1-5H3. The van der Waals surface area contributed by atoms with Crippen molar-refractivity contribution in [1.29, 1.82) is 0 Å². The van der Waals surface area contributed by atoms with Gasteiger partial charge in [-0.1, -0.05) is 0 Å². The summed E-state index contributed by atoms with van der Waals surface area (Å²) < 4.78 is 4.92. The quantitative estimate of drug-likeness (QED) is 0.802. The maximum Gasteiger partial charge on any atom is 0.185 e. The van der Waals surface area contributed by atoms with E-state index in [0.29, 0.717) is 13.2 Å². The number of nitrogens with zero attached hydrogens (tertiary/aromatic N) is 3. The lowest BCUT2D eigenvalue weighted by atomic mass is 10.3. The molecule has 0 saturated heterocycles. The number of rotatable bonds is 7. The summed E-state index contributed by atoms with van der Waals surface area (Å²) in [6, 6.07) is 0. The zero-order valence-electron chi connectivity index (χ0n) is 11.8. The molecule has 1 aromatic rings. The number of hydrogen-bond acceptors (Lipinski definition) is 6. The number of aliphatic hydroxyl groups is 1. The third-order valence-corrected chi connectivity index (χ3v) is 3.87. The molecule has 0 aromatic carbocycles. The van der Waals surface area contributed by atoms with E-state index in [0.717, 1.165) is 17.4 Å². The Bertz CT molecular complexity index is 368. The molecule has 0 spiro atoms. The first-order chi connectivity index (χ1) is 8.43. The molecule has 18 heavy (non-hydrogen) atoms. The highest BCUT2D eigenvalue weighted by Gasteiger charge is 2.13. The molecule has 5 nitrogen and oxygen atoms in total. The van der Waals surface area contributed by atoms with Crippen molar-refractivity contribution in [2.24, 2.45) is 0 Å². The molecule has 0 fully saturated rings. The Morgan fingerprint density at radius 2 is 2.06 bits per heavy atom. The first kappa shape index (κ1) is 15.4. The van der Waals surface area contributed by atoms with Crippen LogP contribution in [0.5, 0.6) is 0 Å². The zero-order chi connectivity index (χ0) is 13.7. The van der Waals surface area contributed by atoms with E-state index in [1.807, 2.05) is 33.0 Å². The number of thiazole rings is 1. The monoisotopic (exact) mass is 273 g/mol. The Labute approximate surface area is 113 Å². The molecule has 0 aliphatic rings. The van der Waals surface area contributed by atoms with E-state index in [1.165, 1.54) is 4.88 Å². The Morgan fingerprint density at radius 3 is 2.56 bits per heavy atom. The van der Waals surface area contributed by atoms with Crippen molar-refractivity contribution in [2.45, 2.75) is 19.6 Å². The number of likely N-dealkylation sites (N-methyl/N-ethyl adjacent to an activating group) is 1. The van der Waals surface area contributed by atoms with Gasteiger partial charge in [0.15, 0.2) is 5.13 Å². The first-order valence-electron chi connectivity index (χ1n) is 5.93. The van der Waals surface area contributed by atoms with Crippen LogP contribution in [0, 0.1) is 6.92 Å². The van der Waals surface area contributed by atoms with Gasteiger partial charge >= 0.3 is 0 Å². The summed E-state index contributed by atoms with van der Waals surface area (Å²) in [5, 5.41) is 10.7. The van der Waals surface area contributed by atoms with Gasteiger partial charge in [0, 0.05) is 39.2 Å². The second-order valence-electron chi connectivity index (χ2n) is 4.71. The van der Waals surface area contributed by atoms with Crippen molar-refractivity contribution in [1.82, 2.24) is 9.88 Å². The normalized spacial score (nSPS) is 13.1. The predicted octanol–water partition coefficient (Wildman–Crippen LogP) is 0.957. The summed E-state index contributed by atoms with van der Waals surface area (Å²) in [5.41, 5.74) is 1.07. The third-order valence-electron chi connectivity index (χ3n) is 2.56. The summed E-state index contributed by atoms with van der Waals surface area (Å²) in [4.78, 5) is 9.85. The van der Waals surface area contributed by atoms with Crippen LogP contribution < -0.4 is 4.90 Å². The average Bonchev–Trinajstić information content (AvgIpc) is 2.60. The molecule has 0 aliphatic carbocycles. The van der Waals surface area contributed by atoms with Gasteiger partial charge in [-0.05, 0) is 14.0 Å². The molecule has 1 unspecified atom stereocenters. The highest BCUT2D eigenvalue weighted by atomic mass is 32.1. The minimum atomic E-state index is -0.443. The first-order valence-corrected chi connectivity index (χ1v) is 6.74. The minimum Gasteiger partial charge on any atom is -0.389 e. The Hall–Kier alpha value is -0.690. The molecule has 1 atom stereocenters. The van der Waals surface area contributed by atoms with Gasteiger partial charge in [0.2, 0.25) is 0 Å². The van der Waals surface area contributed by atoms with Crippen molar-refractivity contribution in [3.63, 3.8) is 0 Å². The molecule has 0 amide bonds. The highest BCUT2D eigenvalue weighted by Crippen LogP contribution is 2.25. The molecule has 0 aliphatic heterocycles. The molecule has 6 heteroatoms. The van der Waals surface area contributed by atoms with Gasteiger partial charge in [0.25, 0.3) is 0 Å². The van der Waals surface area contributed by atoms with Gasteiger partial charge in [-0.3, -0.25) is 4.90 Å². The smallest absolute Gasteiger partial charge is 0.185 e. The van der Waals surface area contributed by atoms with Gasteiger partial charge in [-0.25, -0.2) is 4.98 Å². The lowest BCUT2D eigenvalue weighted by molar-refractivity contribution is 0.0420. The van der Waals surface area contributed by atoms with Gasteiger partial charge in [-0.15, -0.1) is 11.3 Å². The fourth-order valence-corrected chi connectivity index (χ4v) is 2.73. The number of hydrogen-bond donors (Lipinski definition) is 1. The van der Waals surface area contributed by atoms with E-state index in [2.05, 4.69) is 9.88 Å². The molecule has 1 N–H and O–H groups in total. The Kier molecular flexibility index (Phi) is 6.01. The van der Waals surface area contributed by atoms with Crippen LogP contribution in [0.3, 0.4) is 0 Å². The zero-order valence-corrected chi connectivity index (χ0v) is 12.6. The van der Waals surface area contributed by atoms with Crippen LogP contribution in [-0.2, 0) is 11.3 Å². The van der Waals surface area contributed by atoms with E-state index in [1.54, 1.807) is 18.4 Å². The van der Waals surface area contributed by atoms with Gasteiger partial charge in [-0.2, -0.15) is 0 Å². The van der Waals surface area contributed by atoms with Crippen LogP contribution >= 0.6 is 11.3 Å². The molecule has 104 valence electrons. The molecule has 0 saturated carbocycles. The molecular weight excluding hydrogens is 250 g/mol. The molecule has 1 heterocycles. The topological polar surface area (TPSA) is 48.8 Å². The average molecular weight is 273 g/mol. The summed E-state index contributed by atoms with van der Waals surface area (Å²) in [5.74, 6) is 0. The number of ether oxygens (including phenoxy) is 1. The van der Waals surface area contributed by atoms with E-state index in [4.69, 9.17) is 4.74 Å². The van der Waals surface area contributed by atoms with E-state index in [9.17, 15) is 5.11 Å². The molecule has 1 rings (SSSR count). The Balaban J connectivity index is 2.56. The maximum absolute atomic E-state index is 9.67. The number of aromatic nitrogens is 1. The summed E-state index contributed by atoms with van der Waals surface area (Å²) >= 11 is 1.70. The van der Waals surface area contributed by atoms with Crippen LogP contribution in [0.25, 0.3) is 0 Å². The molecule has 0 radical (unpaired) electrons. The van der Waals surface area contributed by atoms with Gasteiger partial charge in [0.05, 0.1) is 18.4 Å². The number of methoxy groups -OCH3 is 1. The summed E-state index contributed by atoms with van der Waals surface area (Å²) in [7, 11) is 7.58. The van der Waals surface area contributed by atoms with Crippen molar-refractivity contribution in [3.8, 4) is 0 Å². The van der Waals surface area contributed by atoms with Crippen LogP contribution in [-0.4, -0.2) is 62.5 Å². The van der Waals surface area contributed by atoms with Gasteiger partial charge in [0.1, 0.15) is 0 Å². The van der Waals surface area contributed by atoms with Crippen LogP contribution in [0.4, 0.5) is 5.13 Å². The second kappa shape index (κ2) is 7.04. The fourth-order valence-electron chi connectivity index (χ4n) is 1.67. The van der Waals surface area contributed by atoms with Crippen LogP contribution in [0.1, 0.15) is 10.6 Å². The number of aliphatic hydroxyl groups excluding tert-OH is 1. The third kappa shape index (κ3) is 4.53. The summed E-state index contributed by atoms with van der Waals surface area (Å²) in [6.45, 7) is 3.80. The Morgan fingerprint density at radius 1 is 1.39 bits per heavy atom. The lowest BCUT2D eigenvalue weighted by Gasteiger charge is -2.19. The largest absolute Gasteiger partial charge is 0.389 e. The van der Waals surface area contributed by atoms with E-state index in [-0.39, 0.29) is 0 Å². The van der Waals surface area contributed by atoms with Gasteiger partial charge < -0.3 is 14.7 Å². The van der Waals surface area contributed by atoms with Crippen molar-refractivity contribution in [3.05, 3.63) is 10.6 Å².